The zero-order valence-corrected chi connectivity index (χ0v) is 33.6. The van der Waals surface area contributed by atoms with Crippen LogP contribution in [0.5, 0.6) is 0 Å². The van der Waals surface area contributed by atoms with Crippen molar-refractivity contribution in [3.05, 3.63) is 43.5 Å². The van der Waals surface area contributed by atoms with E-state index in [9.17, 15) is 24.0 Å². The average molecular weight is 673 g/mol. The molecule has 0 aromatic heterocycles. The number of aliphatic imine (C=N–C) groups is 1. The molecule has 0 heterocycles. The highest BCUT2D eigenvalue weighted by molar-refractivity contribution is 5.92. The van der Waals surface area contributed by atoms with Gasteiger partial charge >= 0.3 is 11.9 Å². The van der Waals surface area contributed by atoms with E-state index in [4.69, 9.17) is 0 Å². The van der Waals surface area contributed by atoms with Crippen LogP contribution >= 0.6 is 0 Å². The Labute approximate surface area is 291 Å². The molecule has 0 radical (unpaired) electrons. The first-order chi connectivity index (χ1) is 21.8. The van der Waals surface area contributed by atoms with Crippen LogP contribution in [0.4, 0.5) is 0 Å². The SMILES string of the molecule is C=C(C)C(=O)NCC.C=C(C)C(=O)OCC.C=C=NCC.C=CCC.CCC.CCC.CCC(C)=O.CCC(C)=O.CCOC(C)=O. The molecule has 0 spiro atoms. The van der Waals surface area contributed by atoms with Crippen molar-refractivity contribution in [2.75, 3.05) is 26.3 Å². The van der Waals surface area contributed by atoms with Gasteiger partial charge in [0.25, 0.3) is 0 Å². The summed E-state index contributed by atoms with van der Waals surface area (Å²) in [5.41, 5.74) is 1.01. The maximum Gasteiger partial charge on any atom is 0.333 e. The summed E-state index contributed by atoms with van der Waals surface area (Å²) in [5.74, 6) is 2.32. The minimum Gasteiger partial charge on any atom is -0.466 e. The second kappa shape index (κ2) is 69.2. The van der Waals surface area contributed by atoms with Crippen molar-refractivity contribution in [3.63, 3.8) is 0 Å². The second-order valence-electron chi connectivity index (χ2n) is 8.92. The zero-order valence-electron chi connectivity index (χ0n) is 33.6. The molecule has 0 fully saturated rings. The number of hydrogen-bond acceptors (Lipinski definition) is 8. The molecule has 280 valence electrons. The first-order valence-corrected chi connectivity index (χ1v) is 16.5. The Hall–Kier alpha value is -3.58. The molecule has 0 atom stereocenters. The van der Waals surface area contributed by atoms with Crippen molar-refractivity contribution in [1.29, 1.82) is 0 Å². The van der Waals surface area contributed by atoms with Crippen molar-refractivity contribution in [2.45, 2.75) is 143 Å². The van der Waals surface area contributed by atoms with Gasteiger partial charge in [-0.1, -0.05) is 80.5 Å². The molecule has 1 amide bonds. The summed E-state index contributed by atoms with van der Waals surface area (Å²) < 4.78 is 8.97. The Kier molecular flexibility index (Phi) is 97.2. The largest absolute Gasteiger partial charge is 0.466 e. The summed E-state index contributed by atoms with van der Waals surface area (Å²) in [6.45, 7) is 45.5. The minimum atomic E-state index is -0.312. The monoisotopic (exact) mass is 673 g/mol. The van der Waals surface area contributed by atoms with E-state index in [-0.39, 0.29) is 29.4 Å². The number of ether oxygens (including phenoxy) is 2. The van der Waals surface area contributed by atoms with Crippen LogP contribution in [-0.4, -0.2) is 61.6 Å². The third-order valence-electron chi connectivity index (χ3n) is 3.25. The lowest BCUT2D eigenvalue weighted by Gasteiger charge is -1.97. The number of likely N-dealkylation sites (N-methyl/N-ethyl adjacent to an activating group) is 1. The molecule has 9 heteroatoms. The summed E-state index contributed by atoms with van der Waals surface area (Å²) >= 11 is 0. The smallest absolute Gasteiger partial charge is 0.333 e. The number of ketones is 2. The second-order valence-corrected chi connectivity index (χ2v) is 8.92. The van der Waals surface area contributed by atoms with Gasteiger partial charge in [0.2, 0.25) is 5.91 Å². The average Bonchev–Trinajstić information content (AvgIpc) is 3.00. The normalized spacial score (nSPS) is 7.32. The van der Waals surface area contributed by atoms with Crippen LogP contribution in [0.15, 0.2) is 48.5 Å². The number of allylic oxidation sites excluding steroid dienone is 1. The number of rotatable bonds is 9. The Morgan fingerprint density at radius 3 is 1.04 bits per heavy atom. The number of nitrogens with one attached hydrogen (secondary N) is 1. The van der Waals surface area contributed by atoms with Gasteiger partial charge in [0.05, 0.1) is 13.2 Å². The van der Waals surface area contributed by atoms with Crippen LogP contribution in [0.25, 0.3) is 0 Å². The van der Waals surface area contributed by atoms with Crippen LogP contribution in [0.2, 0.25) is 0 Å². The number of carbonyl (C=O) groups excluding carboxylic acids is 5. The molecule has 0 aromatic carbocycles. The van der Waals surface area contributed by atoms with Crippen molar-refractivity contribution in [3.8, 4) is 0 Å². The molecule has 0 aliphatic rings. The van der Waals surface area contributed by atoms with Crippen molar-refractivity contribution >= 4 is 35.3 Å². The Morgan fingerprint density at radius 2 is 1.00 bits per heavy atom. The number of esters is 2. The van der Waals surface area contributed by atoms with Gasteiger partial charge in [-0.15, -0.1) is 6.58 Å². The molecule has 9 nitrogen and oxygen atoms in total. The number of nitrogens with zero attached hydrogens (tertiary/aromatic N) is 1. The van der Waals surface area contributed by atoms with E-state index in [1.54, 1.807) is 41.5 Å². The van der Waals surface area contributed by atoms with Gasteiger partial charge in [0.1, 0.15) is 11.6 Å². The molecular formula is C38H76N2O7. The molecule has 0 unspecified atom stereocenters. The fourth-order valence-electron chi connectivity index (χ4n) is 0.881. The molecule has 0 saturated carbocycles. The summed E-state index contributed by atoms with van der Waals surface area (Å²) in [6.07, 6.45) is 6.79. The van der Waals surface area contributed by atoms with E-state index in [1.165, 1.54) is 19.8 Å². The number of amides is 1. The molecule has 0 aromatic rings. The highest BCUT2D eigenvalue weighted by atomic mass is 16.5. The molecule has 47 heavy (non-hydrogen) atoms. The predicted octanol–water partition coefficient (Wildman–Crippen LogP) is 9.64. The van der Waals surface area contributed by atoms with Gasteiger partial charge in [-0.3, -0.25) is 9.59 Å². The summed E-state index contributed by atoms with van der Waals surface area (Å²) in [6, 6.07) is 0. The predicted molar refractivity (Wildman–Crippen MR) is 205 cm³/mol. The Bertz CT molecular complexity index is 736. The van der Waals surface area contributed by atoms with Gasteiger partial charge in [0.15, 0.2) is 0 Å². The lowest BCUT2D eigenvalue weighted by molar-refractivity contribution is -0.140. The van der Waals surface area contributed by atoms with Crippen molar-refractivity contribution in [2.24, 2.45) is 4.99 Å². The topological polar surface area (TPSA) is 128 Å². The molecule has 0 rings (SSSR count). The fraction of sp³-hybridized carbons (Fsp3) is 0.658. The summed E-state index contributed by atoms with van der Waals surface area (Å²) in [4.78, 5) is 54.0. The minimum absolute atomic E-state index is 0.0625. The number of hydrogen-bond donors (Lipinski definition) is 1. The first-order valence-electron chi connectivity index (χ1n) is 16.5. The van der Waals surface area contributed by atoms with E-state index in [2.05, 4.69) is 86.6 Å². The Morgan fingerprint density at radius 1 is 0.681 bits per heavy atom. The molecular weight excluding hydrogens is 596 g/mol. The van der Waals surface area contributed by atoms with Gasteiger partial charge in [-0.05, 0) is 74.3 Å². The first kappa shape index (κ1) is 65.9. The standard InChI is InChI=1S/C6H11NO.C6H10O2.C4H7N.C4H8O2.2C4H8O.C4H8.2C3H8/c1-4-7-6(8)5(2)3;1-4-8-6(7)5(2)3;1-3-5-4-2;1-3-6-4(2)5;2*1-3-4(2)5;1-3-4-2;2*1-3-2/h2,4H2,1,3H3,(H,7,8);2,4H2,1,3H3;1,4H2,2H3;3H2,1-2H3;2*3H2,1-2H3;3H,1,4H2,2H3;2*3H2,1-2H3. The van der Waals surface area contributed by atoms with E-state index in [1.807, 2.05) is 33.8 Å². The molecule has 0 aliphatic heterocycles. The van der Waals surface area contributed by atoms with Crippen molar-refractivity contribution in [1.82, 2.24) is 5.32 Å². The quantitative estimate of drug-likeness (QED) is 0.112. The molecule has 0 saturated heterocycles. The summed E-state index contributed by atoms with van der Waals surface area (Å²) in [5, 5.41) is 2.61. The van der Waals surface area contributed by atoms with Crippen LogP contribution in [0, 0.1) is 0 Å². The number of Topliss-reactive ketones (excluding diaryl/α,β-unsaturated/α-hetero) is 2. The lowest BCUT2D eigenvalue weighted by atomic mass is 10.3. The van der Waals surface area contributed by atoms with E-state index in [0.717, 1.165) is 13.0 Å². The third kappa shape index (κ3) is 166. The number of carbonyl (C=O) groups is 5. The molecule has 0 bridgehead atoms. The van der Waals surface area contributed by atoms with Gasteiger partial charge in [-0.25, -0.2) is 9.79 Å². The van der Waals surface area contributed by atoms with Gasteiger partial charge in [-0.2, -0.15) is 0 Å². The van der Waals surface area contributed by atoms with Crippen LogP contribution in [-0.2, 0) is 33.4 Å². The van der Waals surface area contributed by atoms with E-state index >= 15 is 0 Å². The Balaban J connectivity index is -0.0000000503. The maximum absolute atomic E-state index is 10.5. The summed E-state index contributed by atoms with van der Waals surface area (Å²) in [7, 11) is 0. The highest BCUT2D eigenvalue weighted by Crippen LogP contribution is 1.89. The highest BCUT2D eigenvalue weighted by Gasteiger charge is 1.98. The van der Waals surface area contributed by atoms with Gasteiger partial charge < -0.3 is 24.4 Å². The lowest BCUT2D eigenvalue weighted by Crippen LogP contribution is -2.22. The third-order valence-corrected chi connectivity index (χ3v) is 3.25. The fourth-order valence-corrected chi connectivity index (χ4v) is 0.881. The van der Waals surface area contributed by atoms with Crippen LogP contribution in [0.3, 0.4) is 0 Å². The molecule has 0 aliphatic carbocycles. The maximum atomic E-state index is 10.5. The van der Waals surface area contributed by atoms with E-state index in [0.29, 0.717) is 43.7 Å². The van der Waals surface area contributed by atoms with Crippen LogP contribution in [0.1, 0.15) is 143 Å². The zero-order chi connectivity index (χ0) is 39.6. The molecule has 1 N–H and O–H groups in total. The van der Waals surface area contributed by atoms with E-state index < -0.39 is 0 Å². The van der Waals surface area contributed by atoms with Crippen LogP contribution < -0.4 is 5.32 Å². The van der Waals surface area contributed by atoms with Crippen molar-refractivity contribution < 1.29 is 33.4 Å². The van der Waals surface area contributed by atoms with Gasteiger partial charge in [0, 0.05) is 44.0 Å².